The van der Waals surface area contributed by atoms with Crippen LogP contribution in [0.2, 0.25) is 5.02 Å². The number of amides is 3. The molecule has 2 aromatic carbocycles. The summed E-state index contributed by atoms with van der Waals surface area (Å²) in [6.07, 6.45) is -3.29. The van der Waals surface area contributed by atoms with E-state index in [1.54, 1.807) is 6.08 Å². The van der Waals surface area contributed by atoms with Gasteiger partial charge in [0.05, 0.1) is 21.2 Å². The average molecular weight is 469 g/mol. The summed E-state index contributed by atoms with van der Waals surface area (Å²) >= 11 is 6.62. The Morgan fingerprint density at radius 1 is 1.16 bits per heavy atom. The Morgan fingerprint density at radius 2 is 1.84 bits per heavy atom. The van der Waals surface area contributed by atoms with Gasteiger partial charge < -0.3 is 5.32 Å². The molecule has 10 heteroatoms. The fourth-order valence-corrected chi connectivity index (χ4v) is 3.76. The molecule has 1 fully saturated rings. The highest BCUT2D eigenvalue weighted by molar-refractivity contribution is 8.18. The van der Waals surface area contributed by atoms with E-state index in [0.717, 1.165) is 46.0 Å². The summed E-state index contributed by atoms with van der Waals surface area (Å²) in [7, 11) is 0. The summed E-state index contributed by atoms with van der Waals surface area (Å²) in [5, 5.41) is 1.71. The topological polar surface area (TPSA) is 66.5 Å². The molecule has 0 aliphatic carbocycles. The molecule has 31 heavy (non-hydrogen) atoms. The first-order chi connectivity index (χ1) is 14.5. The van der Waals surface area contributed by atoms with Gasteiger partial charge in [-0.3, -0.25) is 19.3 Å². The molecule has 2 aromatic rings. The van der Waals surface area contributed by atoms with Gasteiger partial charge in [-0.1, -0.05) is 41.4 Å². The Balaban J connectivity index is 1.63. The zero-order valence-electron chi connectivity index (χ0n) is 16.1. The van der Waals surface area contributed by atoms with Crippen LogP contribution in [0.5, 0.6) is 0 Å². The first-order valence-electron chi connectivity index (χ1n) is 9.03. The molecule has 1 saturated heterocycles. The van der Waals surface area contributed by atoms with E-state index in [1.165, 1.54) is 0 Å². The quantitative estimate of drug-likeness (QED) is 0.569. The molecule has 3 rings (SSSR count). The number of carbonyl (C=O) groups excluding carboxylic acids is 3. The highest BCUT2D eigenvalue weighted by Crippen LogP contribution is 2.34. The van der Waals surface area contributed by atoms with Gasteiger partial charge in [0, 0.05) is 13.0 Å². The fourth-order valence-electron chi connectivity index (χ4n) is 2.73. The summed E-state index contributed by atoms with van der Waals surface area (Å²) in [6.45, 7) is 1.72. The van der Waals surface area contributed by atoms with Crippen LogP contribution >= 0.6 is 23.4 Å². The second-order valence-electron chi connectivity index (χ2n) is 6.73. The molecule has 162 valence electrons. The van der Waals surface area contributed by atoms with Crippen molar-refractivity contribution in [1.82, 2.24) is 4.90 Å². The second kappa shape index (κ2) is 9.15. The SMILES string of the molecule is Cc1ccc(C=C2SC(=O)N(CCC(=O)Nc3cc(C(F)(F)F)ccc3Cl)C2=O)cc1. The van der Waals surface area contributed by atoms with E-state index >= 15 is 0 Å². The normalized spacial score (nSPS) is 15.6. The van der Waals surface area contributed by atoms with E-state index in [2.05, 4.69) is 5.32 Å². The van der Waals surface area contributed by atoms with Crippen LogP contribution in [0.25, 0.3) is 6.08 Å². The zero-order chi connectivity index (χ0) is 22.8. The van der Waals surface area contributed by atoms with Gasteiger partial charge in [0.2, 0.25) is 5.91 Å². The van der Waals surface area contributed by atoms with Gasteiger partial charge in [-0.2, -0.15) is 13.2 Å². The van der Waals surface area contributed by atoms with Crippen LogP contribution in [0.4, 0.5) is 23.7 Å². The molecule has 1 aliphatic rings. The molecule has 1 heterocycles. The minimum atomic E-state index is -4.59. The smallest absolute Gasteiger partial charge is 0.325 e. The molecule has 1 N–H and O–H groups in total. The lowest BCUT2D eigenvalue weighted by molar-refractivity contribution is -0.137. The van der Waals surface area contributed by atoms with Gasteiger partial charge in [0.15, 0.2) is 0 Å². The minimum Gasteiger partial charge on any atom is -0.325 e. The summed E-state index contributed by atoms with van der Waals surface area (Å²) in [6, 6.07) is 9.94. The maximum absolute atomic E-state index is 12.8. The van der Waals surface area contributed by atoms with Gasteiger partial charge in [0.1, 0.15) is 0 Å². The standard InChI is InChI=1S/C21H16ClF3N2O3S/c1-12-2-4-13(5-3-12)10-17-19(29)27(20(30)31-17)9-8-18(28)26-16-11-14(21(23,24)25)6-7-15(16)22/h2-7,10-11H,8-9H2,1H3,(H,26,28). The Morgan fingerprint density at radius 3 is 2.48 bits per heavy atom. The second-order valence-corrected chi connectivity index (χ2v) is 8.13. The number of imide groups is 1. The number of carbonyl (C=O) groups is 3. The number of aryl methyl sites for hydroxylation is 1. The van der Waals surface area contributed by atoms with E-state index in [1.807, 2.05) is 31.2 Å². The number of anilines is 1. The lowest BCUT2D eigenvalue weighted by Crippen LogP contribution is -2.31. The number of nitrogens with zero attached hydrogens (tertiary/aromatic N) is 1. The number of alkyl halides is 3. The molecule has 0 bridgehead atoms. The number of hydrogen-bond acceptors (Lipinski definition) is 4. The molecular weight excluding hydrogens is 453 g/mol. The third-order valence-electron chi connectivity index (χ3n) is 4.38. The van der Waals surface area contributed by atoms with Crippen LogP contribution in [0.15, 0.2) is 47.4 Å². The number of hydrogen-bond donors (Lipinski definition) is 1. The van der Waals surface area contributed by atoms with Crippen molar-refractivity contribution in [3.05, 3.63) is 69.1 Å². The number of thioether (sulfide) groups is 1. The van der Waals surface area contributed by atoms with Crippen LogP contribution in [-0.4, -0.2) is 28.5 Å². The Labute approximate surface area is 185 Å². The Kier molecular flexibility index (Phi) is 6.76. The maximum Gasteiger partial charge on any atom is 0.416 e. The number of rotatable bonds is 5. The molecular formula is C21H16ClF3N2O3S. The van der Waals surface area contributed by atoms with Gasteiger partial charge in [-0.05, 0) is 48.5 Å². The average Bonchev–Trinajstić information content (AvgIpc) is 2.95. The van der Waals surface area contributed by atoms with Gasteiger partial charge in [0.25, 0.3) is 11.1 Å². The van der Waals surface area contributed by atoms with Crippen molar-refractivity contribution in [1.29, 1.82) is 0 Å². The highest BCUT2D eigenvalue weighted by atomic mass is 35.5. The van der Waals surface area contributed by atoms with Crippen molar-refractivity contribution < 1.29 is 27.6 Å². The lowest BCUT2D eigenvalue weighted by atomic mass is 10.1. The van der Waals surface area contributed by atoms with Crippen molar-refractivity contribution in [3.8, 4) is 0 Å². The molecule has 0 atom stereocenters. The Hall–Kier alpha value is -2.78. The van der Waals surface area contributed by atoms with E-state index < -0.39 is 28.8 Å². The highest BCUT2D eigenvalue weighted by Gasteiger charge is 2.35. The van der Waals surface area contributed by atoms with Crippen LogP contribution in [0.3, 0.4) is 0 Å². The van der Waals surface area contributed by atoms with Gasteiger partial charge in [-0.25, -0.2) is 0 Å². The van der Waals surface area contributed by atoms with E-state index in [-0.39, 0.29) is 28.6 Å². The number of nitrogens with one attached hydrogen (secondary N) is 1. The molecule has 0 radical (unpaired) electrons. The minimum absolute atomic E-state index is 0.0615. The molecule has 0 aromatic heterocycles. The molecule has 0 unspecified atom stereocenters. The largest absolute Gasteiger partial charge is 0.416 e. The van der Waals surface area contributed by atoms with Crippen molar-refractivity contribution in [2.45, 2.75) is 19.5 Å². The maximum atomic E-state index is 12.8. The third-order valence-corrected chi connectivity index (χ3v) is 5.62. The van der Waals surface area contributed by atoms with Crippen LogP contribution in [-0.2, 0) is 15.8 Å². The Bertz CT molecular complexity index is 1070. The van der Waals surface area contributed by atoms with E-state index in [9.17, 15) is 27.6 Å². The van der Waals surface area contributed by atoms with Crippen LogP contribution in [0, 0.1) is 6.92 Å². The van der Waals surface area contributed by atoms with Gasteiger partial charge in [-0.15, -0.1) is 0 Å². The third kappa shape index (κ3) is 5.68. The van der Waals surface area contributed by atoms with E-state index in [4.69, 9.17) is 11.6 Å². The molecule has 1 aliphatic heterocycles. The fraction of sp³-hybridized carbons (Fsp3) is 0.190. The first-order valence-corrected chi connectivity index (χ1v) is 10.2. The van der Waals surface area contributed by atoms with Crippen molar-refractivity contribution in [2.75, 3.05) is 11.9 Å². The van der Waals surface area contributed by atoms with E-state index in [0.29, 0.717) is 0 Å². The molecule has 3 amide bonds. The predicted molar refractivity (Wildman–Crippen MR) is 114 cm³/mol. The molecule has 0 spiro atoms. The molecule has 5 nitrogen and oxygen atoms in total. The van der Waals surface area contributed by atoms with Crippen LogP contribution < -0.4 is 5.32 Å². The van der Waals surface area contributed by atoms with Gasteiger partial charge >= 0.3 is 6.18 Å². The summed E-state index contributed by atoms with van der Waals surface area (Å²) in [4.78, 5) is 38.0. The lowest BCUT2D eigenvalue weighted by Gasteiger charge is -2.14. The van der Waals surface area contributed by atoms with Crippen LogP contribution in [0.1, 0.15) is 23.1 Å². The van der Waals surface area contributed by atoms with Crippen molar-refractivity contribution in [3.63, 3.8) is 0 Å². The summed E-state index contributed by atoms with van der Waals surface area (Å²) in [5.41, 5.74) is 0.652. The zero-order valence-corrected chi connectivity index (χ0v) is 17.7. The number of halogens is 4. The molecule has 0 saturated carbocycles. The predicted octanol–water partition coefficient (Wildman–Crippen LogP) is 5.73. The summed E-state index contributed by atoms with van der Waals surface area (Å²) in [5.74, 6) is -1.21. The first kappa shape index (κ1) is 22.9. The van der Waals surface area contributed by atoms with Crippen molar-refractivity contribution >= 4 is 52.2 Å². The number of benzene rings is 2. The monoisotopic (exact) mass is 468 g/mol. The summed E-state index contributed by atoms with van der Waals surface area (Å²) < 4.78 is 38.5. The van der Waals surface area contributed by atoms with Crippen molar-refractivity contribution in [2.24, 2.45) is 0 Å².